The molecule has 1 aromatic carbocycles. The average Bonchev–Trinajstić information content (AvgIpc) is 3.34. The molecule has 132 valence electrons. The molecule has 3 aliphatic rings. The number of carbonyl (C=O) groups excluding carboxylic acids is 1. The maximum atomic E-state index is 12.9. The monoisotopic (exact) mass is 338 g/mol. The van der Waals surface area contributed by atoms with Gasteiger partial charge in [0.05, 0.1) is 18.1 Å². The highest BCUT2D eigenvalue weighted by molar-refractivity contribution is 5.85. The van der Waals surface area contributed by atoms with E-state index in [1.165, 1.54) is 22.2 Å². The van der Waals surface area contributed by atoms with Gasteiger partial charge in [0, 0.05) is 29.7 Å². The number of benzene rings is 1. The minimum atomic E-state index is 0.130. The summed E-state index contributed by atoms with van der Waals surface area (Å²) in [6.45, 7) is 3.95. The Morgan fingerprint density at radius 2 is 1.96 bits per heavy atom. The molecule has 3 aliphatic heterocycles. The lowest BCUT2D eigenvalue weighted by molar-refractivity contribution is -0.138. The number of aryl methyl sites for hydroxylation is 1. The minimum absolute atomic E-state index is 0.130. The van der Waals surface area contributed by atoms with E-state index in [-0.39, 0.29) is 12.0 Å². The number of para-hydroxylation sites is 1. The molecule has 2 aromatic rings. The lowest BCUT2D eigenvalue weighted by Gasteiger charge is -2.35. The van der Waals surface area contributed by atoms with Crippen molar-refractivity contribution < 1.29 is 9.53 Å². The number of fused-ring (bicyclic) bond motifs is 3. The van der Waals surface area contributed by atoms with Crippen molar-refractivity contribution >= 4 is 16.8 Å². The van der Waals surface area contributed by atoms with E-state index in [4.69, 9.17) is 4.74 Å². The fourth-order valence-corrected chi connectivity index (χ4v) is 5.35. The first kappa shape index (κ1) is 15.4. The summed E-state index contributed by atoms with van der Waals surface area (Å²) in [6, 6.07) is 8.57. The van der Waals surface area contributed by atoms with Crippen LogP contribution in [0.25, 0.3) is 10.9 Å². The van der Waals surface area contributed by atoms with Crippen molar-refractivity contribution in [1.29, 1.82) is 0 Å². The third kappa shape index (κ3) is 2.50. The summed E-state index contributed by atoms with van der Waals surface area (Å²) < 4.78 is 5.89. The molecule has 3 fully saturated rings. The lowest BCUT2D eigenvalue weighted by Crippen LogP contribution is -2.43. The average molecular weight is 338 g/mol. The number of hydrogen-bond donors (Lipinski definition) is 1. The molecule has 0 spiro atoms. The zero-order chi connectivity index (χ0) is 17.0. The predicted molar refractivity (Wildman–Crippen MR) is 97.6 cm³/mol. The van der Waals surface area contributed by atoms with E-state index >= 15 is 0 Å². The molecule has 3 atom stereocenters. The van der Waals surface area contributed by atoms with Crippen molar-refractivity contribution in [2.24, 2.45) is 5.92 Å². The maximum Gasteiger partial charge on any atom is 0.228 e. The fourth-order valence-electron chi connectivity index (χ4n) is 5.35. The van der Waals surface area contributed by atoms with Crippen LogP contribution in [0.2, 0.25) is 0 Å². The third-order valence-electron chi connectivity index (χ3n) is 6.58. The van der Waals surface area contributed by atoms with Crippen LogP contribution in [0.15, 0.2) is 24.3 Å². The van der Waals surface area contributed by atoms with Crippen molar-refractivity contribution in [2.45, 2.75) is 57.2 Å². The molecule has 0 saturated carbocycles. The van der Waals surface area contributed by atoms with Crippen molar-refractivity contribution in [3.8, 4) is 0 Å². The van der Waals surface area contributed by atoms with Gasteiger partial charge < -0.3 is 14.6 Å². The Labute approximate surface area is 148 Å². The molecule has 4 nitrogen and oxygen atoms in total. The van der Waals surface area contributed by atoms with E-state index in [0.717, 1.165) is 45.2 Å². The van der Waals surface area contributed by atoms with E-state index in [9.17, 15) is 4.79 Å². The molecule has 3 saturated heterocycles. The summed E-state index contributed by atoms with van der Waals surface area (Å²) in [6.07, 6.45) is 5.86. The summed E-state index contributed by atoms with van der Waals surface area (Å²) >= 11 is 0. The van der Waals surface area contributed by atoms with Gasteiger partial charge in [0.1, 0.15) is 0 Å². The molecule has 25 heavy (non-hydrogen) atoms. The Kier molecular flexibility index (Phi) is 3.63. The number of nitrogens with zero attached hydrogens (tertiary/aromatic N) is 1. The second-order valence-corrected chi connectivity index (χ2v) is 8.02. The lowest BCUT2D eigenvalue weighted by atomic mass is 9.85. The van der Waals surface area contributed by atoms with Crippen LogP contribution in [0.1, 0.15) is 49.3 Å². The standard InChI is InChI=1S/C21H26N2O2/c1-13-20(16-4-2-3-5-18(16)22-13)14-8-10-23(11-9-14)21(24)17-12-15-6-7-19(17)25-15/h2-5,14-15,17,19,22H,6-12H2,1H3/t15-,17+,19-/m1/s1. The van der Waals surface area contributed by atoms with Gasteiger partial charge in [-0.2, -0.15) is 0 Å². The van der Waals surface area contributed by atoms with Crippen LogP contribution < -0.4 is 0 Å². The summed E-state index contributed by atoms with van der Waals surface area (Å²) in [5, 5.41) is 1.35. The minimum Gasteiger partial charge on any atom is -0.374 e. The first-order chi connectivity index (χ1) is 12.2. The highest BCUT2D eigenvalue weighted by Gasteiger charge is 2.46. The molecule has 0 aliphatic carbocycles. The van der Waals surface area contributed by atoms with Gasteiger partial charge in [-0.05, 0) is 56.6 Å². The summed E-state index contributed by atoms with van der Waals surface area (Å²) in [4.78, 5) is 18.5. The molecule has 1 amide bonds. The van der Waals surface area contributed by atoms with Crippen LogP contribution >= 0.6 is 0 Å². The number of aromatic nitrogens is 1. The Balaban J connectivity index is 1.29. The molecule has 4 heteroatoms. The number of amides is 1. The second kappa shape index (κ2) is 5.87. The molecule has 5 rings (SSSR count). The molecular weight excluding hydrogens is 312 g/mol. The number of likely N-dealkylation sites (tertiary alicyclic amines) is 1. The highest BCUT2D eigenvalue weighted by atomic mass is 16.5. The SMILES string of the molecule is Cc1[nH]c2ccccc2c1C1CCN(C(=O)[C@H]2C[C@H]3CC[C@H]2O3)CC1. The Morgan fingerprint density at radius 3 is 2.68 bits per heavy atom. The van der Waals surface area contributed by atoms with Crippen molar-refractivity contribution in [2.75, 3.05) is 13.1 Å². The molecule has 4 heterocycles. The first-order valence-electron chi connectivity index (χ1n) is 9.72. The number of piperidine rings is 1. The van der Waals surface area contributed by atoms with E-state index in [2.05, 4.69) is 41.1 Å². The molecule has 0 radical (unpaired) electrons. The summed E-state index contributed by atoms with van der Waals surface area (Å²) in [5.41, 5.74) is 3.98. The number of carbonyl (C=O) groups is 1. The van der Waals surface area contributed by atoms with Gasteiger partial charge in [0.15, 0.2) is 0 Å². The van der Waals surface area contributed by atoms with Crippen LogP contribution in [0.4, 0.5) is 0 Å². The van der Waals surface area contributed by atoms with Crippen LogP contribution in [0.5, 0.6) is 0 Å². The number of aromatic amines is 1. The highest BCUT2D eigenvalue weighted by Crippen LogP contribution is 2.41. The van der Waals surface area contributed by atoms with Crippen molar-refractivity contribution in [1.82, 2.24) is 9.88 Å². The number of H-pyrrole nitrogens is 1. The zero-order valence-electron chi connectivity index (χ0n) is 14.8. The van der Waals surface area contributed by atoms with Crippen LogP contribution in [0.3, 0.4) is 0 Å². The van der Waals surface area contributed by atoms with Gasteiger partial charge in [-0.25, -0.2) is 0 Å². The molecule has 0 unspecified atom stereocenters. The number of ether oxygens (including phenoxy) is 1. The third-order valence-corrected chi connectivity index (χ3v) is 6.58. The second-order valence-electron chi connectivity index (χ2n) is 8.02. The normalized spacial score (nSPS) is 29.6. The molecule has 1 N–H and O–H groups in total. The van der Waals surface area contributed by atoms with E-state index in [0.29, 0.717) is 17.9 Å². The van der Waals surface area contributed by atoms with Gasteiger partial charge in [-0.15, -0.1) is 0 Å². The van der Waals surface area contributed by atoms with E-state index in [1.54, 1.807) is 0 Å². The van der Waals surface area contributed by atoms with Gasteiger partial charge in [-0.1, -0.05) is 18.2 Å². The summed E-state index contributed by atoms with van der Waals surface area (Å²) in [5.74, 6) is 1.03. The Bertz CT molecular complexity index is 803. The van der Waals surface area contributed by atoms with Gasteiger partial charge >= 0.3 is 0 Å². The van der Waals surface area contributed by atoms with E-state index < -0.39 is 0 Å². The van der Waals surface area contributed by atoms with Gasteiger partial charge in [0.2, 0.25) is 5.91 Å². The number of nitrogens with one attached hydrogen (secondary N) is 1. The van der Waals surface area contributed by atoms with Crippen LogP contribution in [-0.2, 0) is 9.53 Å². The topological polar surface area (TPSA) is 45.3 Å². The number of rotatable bonds is 2. The first-order valence-corrected chi connectivity index (χ1v) is 9.72. The van der Waals surface area contributed by atoms with Crippen LogP contribution in [0, 0.1) is 12.8 Å². The quantitative estimate of drug-likeness (QED) is 0.906. The Morgan fingerprint density at radius 1 is 1.16 bits per heavy atom. The maximum absolute atomic E-state index is 12.9. The van der Waals surface area contributed by atoms with E-state index in [1.807, 2.05) is 0 Å². The van der Waals surface area contributed by atoms with Gasteiger partial charge in [0.25, 0.3) is 0 Å². The fraction of sp³-hybridized carbons (Fsp3) is 0.571. The smallest absolute Gasteiger partial charge is 0.228 e. The number of hydrogen-bond acceptors (Lipinski definition) is 2. The van der Waals surface area contributed by atoms with Crippen LogP contribution in [-0.4, -0.2) is 41.1 Å². The summed E-state index contributed by atoms with van der Waals surface area (Å²) in [7, 11) is 0. The molecule has 2 bridgehead atoms. The predicted octanol–water partition coefficient (Wildman–Crippen LogP) is 3.75. The van der Waals surface area contributed by atoms with Gasteiger partial charge in [-0.3, -0.25) is 4.79 Å². The Hall–Kier alpha value is -1.81. The molecular formula is C21H26N2O2. The zero-order valence-corrected chi connectivity index (χ0v) is 14.8. The van der Waals surface area contributed by atoms with Crippen molar-refractivity contribution in [3.05, 3.63) is 35.5 Å². The largest absolute Gasteiger partial charge is 0.374 e. The van der Waals surface area contributed by atoms with Crippen molar-refractivity contribution in [3.63, 3.8) is 0 Å². The molecule has 1 aromatic heterocycles.